The summed E-state index contributed by atoms with van der Waals surface area (Å²) in [7, 11) is 0. The van der Waals surface area contributed by atoms with E-state index in [1.54, 1.807) is 0 Å². The number of amides is 2. The number of anilines is 1. The number of benzene rings is 1. The van der Waals surface area contributed by atoms with Crippen LogP contribution in [0.25, 0.3) is 0 Å². The van der Waals surface area contributed by atoms with Crippen LogP contribution in [0.3, 0.4) is 0 Å². The molecule has 1 rings (SSSR count). The Morgan fingerprint density at radius 3 is 2.69 bits per heavy atom. The zero-order valence-corrected chi connectivity index (χ0v) is 8.53. The molecule has 0 saturated carbocycles. The number of hydrogen-bond acceptors (Lipinski definition) is 2. The number of carboxylic acids is 1. The van der Waals surface area contributed by atoms with E-state index in [1.165, 1.54) is 25.1 Å². The first-order chi connectivity index (χ1) is 7.49. The highest BCUT2D eigenvalue weighted by molar-refractivity contribution is 5.92. The number of halogens is 1. The number of carboxylic acid groups (broad SMARTS) is 1. The smallest absolute Gasteiger partial charge is 0.325 e. The summed E-state index contributed by atoms with van der Waals surface area (Å²) in [5, 5.41) is 13.0. The van der Waals surface area contributed by atoms with Gasteiger partial charge in [0.25, 0.3) is 0 Å². The number of carbonyl (C=O) groups excluding carboxylic acids is 1. The van der Waals surface area contributed by atoms with Crippen LogP contribution in [0.15, 0.2) is 24.3 Å². The Kier molecular flexibility index (Phi) is 3.82. The van der Waals surface area contributed by atoms with Gasteiger partial charge in [0.05, 0.1) is 0 Å². The molecule has 0 bridgehead atoms. The third-order valence-corrected chi connectivity index (χ3v) is 1.80. The molecule has 0 spiro atoms. The molecule has 1 aromatic rings. The summed E-state index contributed by atoms with van der Waals surface area (Å²) in [4.78, 5) is 21.7. The summed E-state index contributed by atoms with van der Waals surface area (Å²) >= 11 is 0. The predicted molar refractivity (Wildman–Crippen MR) is 55.7 cm³/mol. The quantitative estimate of drug-likeness (QED) is 0.729. The van der Waals surface area contributed by atoms with Crippen LogP contribution in [0.4, 0.5) is 14.9 Å². The zero-order chi connectivity index (χ0) is 12.1. The molecule has 86 valence electrons. The van der Waals surface area contributed by atoms with E-state index in [2.05, 4.69) is 10.6 Å². The van der Waals surface area contributed by atoms with E-state index < -0.39 is 23.9 Å². The van der Waals surface area contributed by atoms with Crippen LogP contribution in [0.1, 0.15) is 6.92 Å². The van der Waals surface area contributed by atoms with Crippen LogP contribution in [-0.4, -0.2) is 23.1 Å². The Balaban J connectivity index is 2.55. The van der Waals surface area contributed by atoms with Gasteiger partial charge in [0.1, 0.15) is 11.9 Å². The third-order valence-electron chi connectivity index (χ3n) is 1.80. The molecule has 0 aliphatic heterocycles. The van der Waals surface area contributed by atoms with Gasteiger partial charge >= 0.3 is 12.0 Å². The summed E-state index contributed by atoms with van der Waals surface area (Å²) in [6.45, 7) is 1.33. The van der Waals surface area contributed by atoms with Crippen molar-refractivity contribution >= 4 is 17.7 Å². The molecular weight excluding hydrogens is 215 g/mol. The minimum Gasteiger partial charge on any atom is -0.480 e. The lowest BCUT2D eigenvalue weighted by molar-refractivity contribution is -0.138. The highest BCUT2D eigenvalue weighted by atomic mass is 19.1. The van der Waals surface area contributed by atoms with Crippen molar-refractivity contribution in [3.63, 3.8) is 0 Å². The van der Waals surface area contributed by atoms with E-state index in [-0.39, 0.29) is 5.69 Å². The minimum atomic E-state index is -1.14. The Labute approximate surface area is 91.3 Å². The molecule has 2 amide bonds. The first kappa shape index (κ1) is 12.0. The van der Waals surface area contributed by atoms with Crippen LogP contribution >= 0.6 is 0 Å². The summed E-state index contributed by atoms with van der Waals surface area (Å²) in [6.07, 6.45) is 0. The van der Waals surface area contributed by atoms with E-state index >= 15 is 0 Å². The van der Waals surface area contributed by atoms with E-state index in [0.29, 0.717) is 0 Å². The lowest BCUT2D eigenvalue weighted by atomic mass is 10.3. The number of urea groups is 1. The first-order valence-electron chi connectivity index (χ1n) is 4.55. The summed E-state index contributed by atoms with van der Waals surface area (Å²) in [5.41, 5.74) is 0.259. The average Bonchev–Trinajstić information content (AvgIpc) is 2.16. The largest absolute Gasteiger partial charge is 0.480 e. The second-order valence-electron chi connectivity index (χ2n) is 3.17. The monoisotopic (exact) mass is 226 g/mol. The Bertz CT molecular complexity index is 409. The first-order valence-corrected chi connectivity index (χ1v) is 4.55. The number of hydrogen-bond donors (Lipinski definition) is 3. The van der Waals surface area contributed by atoms with Crippen molar-refractivity contribution in [3.05, 3.63) is 30.1 Å². The Morgan fingerprint density at radius 2 is 2.12 bits per heavy atom. The van der Waals surface area contributed by atoms with Crippen LogP contribution in [0.2, 0.25) is 0 Å². The van der Waals surface area contributed by atoms with Gasteiger partial charge in [-0.25, -0.2) is 9.18 Å². The number of carbonyl (C=O) groups is 2. The SMILES string of the molecule is C[C@H](NC(=O)Nc1cccc(F)c1)C(=O)O. The molecule has 0 aromatic heterocycles. The van der Waals surface area contributed by atoms with Crippen LogP contribution in [0, 0.1) is 5.82 Å². The van der Waals surface area contributed by atoms with Crippen molar-refractivity contribution in [2.45, 2.75) is 13.0 Å². The molecule has 1 aromatic carbocycles. The molecule has 0 aliphatic rings. The van der Waals surface area contributed by atoms with Crippen LogP contribution in [0.5, 0.6) is 0 Å². The molecule has 5 nitrogen and oxygen atoms in total. The van der Waals surface area contributed by atoms with Gasteiger partial charge in [-0.3, -0.25) is 4.79 Å². The fraction of sp³-hybridized carbons (Fsp3) is 0.200. The molecule has 0 radical (unpaired) electrons. The van der Waals surface area contributed by atoms with Crippen LogP contribution < -0.4 is 10.6 Å². The van der Waals surface area contributed by atoms with Crippen molar-refractivity contribution in [2.75, 3.05) is 5.32 Å². The average molecular weight is 226 g/mol. The lowest BCUT2D eigenvalue weighted by Gasteiger charge is -2.10. The van der Waals surface area contributed by atoms with Gasteiger partial charge in [0.2, 0.25) is 0 Å². The third kappa shape index (κ3) is 3.56. The fourth-order valence-corrected chi connectivity index (χ4v) is 0.992. The molecule has 3 N–H and O–H groups in total. The second kappa shape index (κ2) is 5.11. The van der Waals surface area contributed by atoms with Gasteiger partial charge in [0.15, 0.2) is 0 Å². The highest BCUT2D eigenvalue weighted by Crippen LogP contribution is 2.08. The fourth-order valence-electron chi connectivity index (χ4n) is 0.992. The number of nitrogens with one attached hydrogen (secondary N) is 2. The van der Waals surface area contributed by atoms with E-state index in [0.717, 1.165) is 6.07 Å². The molecular formula is C10H11FN2O3. The molecule has 0 aliphatic carbocycles. The molecule has 16 heavy (non-hydrogen) atoms. The van der Waals surface area contributed by atoms with Crippen molar-refractivity contribution in [1.82, 2.24) is 5.32 Å². The highest BCUT2D eigenvalue weighted by Gasteiger charge is 2.13. The zero-order valence-electron chi connectivity index (χ0n) is 8.53. The minimum absolute atomic E-state index is 0.259. The normalized spacial score (nSPS) is 11.6. The van der Waals surface area contributed by atoms with Crippen molar-refractivity contribution in [2.24, 2.45) is 0 Å². The van der Waals surface area contributed by atoms with Crippen LogP contribution in [-0.2, 0) is 4.79 Å². The second-order valence-corrected chi connectivity index (χ2v) is 3.17. The summed E-state index contributed by atoms with van der Waals surface area (Å²) in [5.74, 6) is -1.63. The van der Waals surface area contributed by atoms with Gasteiger partial charge in [-0.05, 0) is 25.1 Å². The topological polar surface area (TPSA) is 78.4 Å². The van der Waals surface area contributed by atoms with Gasteiger partial charge < -0.3 is 15.7 Å². The molecule has 0 heterocycles. The maximum absolute atomic E-state index is 12.7. The summed E-state index contributed by atoms with van der Waals surface area (Å²) in [6, 6.07) is 3.60. The maximum atomic E-state index is 12.7. The molecule has 0 saturated heterocycles. The number of aliphatic carboxylic acids is 1. The van der Waals surface area contributed by atoms with E-state index in [4.69, 9.17) is 5.11 Å². The molecule has 0 fully saturated rings. The molecule has 1 atom stereocenters. The summed E-state index contributed by atoms with van der Waals surface area (Å²) < 4.78 is 12.7. The van der Waals surface area contributed by atoms with Gasteiger partial charge in [-0.2, -0.15) is 0 Å². The van der Waals surface area contributed by atoms with Crippen molar-refractivity contribution in [1.29, 1.82) is 0 Å². The molecule has 6 heteroatoms. The standard InChI is InChI=1S/C10H11FN2O3/c1-6(9(14)15)12-10(16)13-8-4-2-3-7(11)5-8/h2-6H,1H3,(H,14,15)(H2,12,13,16)/t6-/m0/s1. The Hall–Kier alpha value is -2.11. The maximum Gasteiger partial charge on any atom is 0.325 e. The van der Waals surface area contributed by atoms with Crippen molar-refractivity contribution in [3.8, 4) is 0 Å². The Morgan fingerprint density at radius 1 is 1.44 bits per heavy atom. The molecule has 0 unspecified atom stereocenters. The lowest BCUT2D eigenvalue weighted by Crippen LogP contribution is -2.40. The van der Waals surface area contributed by atoms with E-state index in [1.807, 2.05) is 0 Å². The van der Waals surface area contributed by atoms with Crippen molar-refractivity contribution < 1.29 is 19.1 Å². The van der Waals surface area contributed by atoms with Gasteiger partial charge in [0, 0.05) is 5.69 Å². The number of rotatable bonds is 3. The van der Waals surface area contributed by atoms with Gasteiger partial charge in [-0.15, -0.1) is 0 Å². The predicted octanol–water partition coefficient (Wildman–Crippen LogP) is 1.42. The van der Waals surface area contributed by atoms with E-state index in [9.17, 15) is 14.0 Å². The van der Waals surface area contributed by atoms with Gasteiger partial charge in [-0.1, -0.05) is 6.07 Å².